The molecule has 1 aliphatic carbocycles. The molecule has 2 aromatic heterocycles. The van der Waals surface area contributed by atoms with Gasteiger partial charge in [0.05, 0.1) is 39.4 Å². The molecule has 45 heavy (non-hydrogen) atoms. The highest BCUT2D eigenvalue weighted by Crippen LogP contribution is 2.55. The Bertz CT molecular complexity index is 1770. The highest BCUT2D eigenvalue weighted by Gasteiger charge is 2.44. The third kappa shape index (κ3) is 6.00. The number of benzene rings is 2. The number of hydrogen-bond donors (Lipinski definition) is 2. The van der Waals surface area contributed by atoms with E-state index in [1.54, 1.807) is 11.3 Å². The van der Waals surface area contributed by atoms with Crippen molar-refractivity contribution in [2.75, 3.05) is 24.5 Å². The number of thiazole rings is 1. The third-order valence-corrected chi connectivity index (χ3v) is 10.8. The molecule has 4 aromatic rings. The number of carbonyl (C=O) groups is 2. The lowest BCUT2D eigenvalue weighted by Gasteiger charge is -2.36. The van der Waals surface area contributed by atoms with Crippen molar-refractivity contribution >= 4 is 39.7 Å². The number of anilines is 1. The van der Waals surface area contributed by atoms with E-state index in [9.17, 15) is 9.59 Å². The van der Waals surface area contributed by atoms with E-state index in [2.05, 4.69) is 69.1 Å². The second-order valence-electron chi connectivity index (χ2n) is 12.7. The summed E-state index contributed by atoms with van der Waals surface area (Å²) in [6.45, 7) is 5.51. The van der Waals surface area contributed by atoms with Gasteiger partial charge in [-0.3, -0.25) is 9.59 Å². The van der Waals surface area contributed by atoms with Crippen molar-refractivity contribution in [3.8, 4) is 10.6 Å². The number of rotatable bonds is 3. The Morgan fingerprint density at radius 1 is 0.867 bits per heavy atom. The molecule has 1 saturated carbocycles. The van der Waals surface area contributed by atoms with E-state index in [0.717, 1.165) is 50.7 Å². The van der Waals surface area contributed by atoms with E-state index in [1.165, 1.54) is 43.2 Å². The highest BCUT2D eigenvalue weighted by atomic mass is 32.1. The molecule has 2 N–H and O–H groups in total. The summed E-state index contributed by atoms with van der Waals surface area (Å²) in [5.41, 5.74) is 7.02. The number of nitrogens with zero attached hydrogens (tertiary/aromatic N) is 3. The summed E-state index contributed by atoms with van der Waals surface area (Å²) in [7, 11) is 0. The Kier molecular flexibility index (Phi) is 8.41. The quantitative estimate of drug-likeness (QED) is 0.234. The highest BCUT2D eigenvalue weighted by molar-refractivity contribution is 7.15. The van der Waals surface area contributed by atoms with Gasteiger partial charge >= 0.3 is 0 Å². The van der Waals surface area contributed by atoms with E-state index < -0.39 is 0 Å². The van der Waals surface area contributed by atoms with Gasteiger partial charge in [0, 0.05) is 35.6 Å². The Morgan fingerprint density at radius 3 is 2.44 bits per heavy atom. The molecule has 0 radical (unpaired) electrons. The second-order valence-corrected chi connectivity index (χ2v) is 13.9. The minimum atomic E-state index is -0.0675. The van der Waals surface area contributed by atoms with Crippen LogP contribution in [0, 0.1) is 19.8 Å². The summed E-state index contributed by atoms with van der Waals surface area (Å²) in [5, 5.41) is 8.36. The molecule has 7 rings (SSSR count). The van der Waals surface area contributed by atoms with Gasteiger partial charge in [0.2, 0.25) is 5.91 Å². The van der Waals surface area contributed by atoms with E-state index >= 15 is 0 Å². The van der Waals surface area contributed by atoms with Crippen molar-refractivity contribution < 1.29 is 9.59 Å². The summed E-state index contributed by atoms with van der Waals surface area (Å²) in [4.78, 5) is 39.7. The first kappa shape index (κ1) is 29.7. The second kappa shape index (κ2) is 12.8. The SMILES string of the molecule is Cc1nc(C)c(-c2ccc3cc(C4C(C5CCCCC5)c5ccc6cc5N4CC(=O)NCC/C=C\CCNC6=O)ccc3n2)s1. The Balaban J connectivity index is 1.32. The van der Waals surface area contributed by atoms with Crippen LogP contribution in [0.2, 0.25) is 0 Å². The molecule has 2 atom stereocenters. The van der Waals surface area contributed by atoms with Crippen LogP contribution in [0.1, 0.15) is 89.1 Å². The molecular formula is C37H41N5O2S. The van der Waals surface area contributed by atoms with Crippen LogP contribution >= 0.6 is 11.3 Å². The fourth-order valence-electron chi connectivity index (χ4n) is 7.64. The average molecular weight is 620 g/mol. The van der Waals surface area contributed by atoms with E-state index in [4.69, 9.17) is 4.98 Å². The lowest BCUT2D eigenvalue weighted by atomic mass is 9.73. The minimum absolute atomic E-state index is 0.00990. The van der Waals surface area contributed by atoms with Gasteiger partial charge in [-0.2, -0.15) is 0 Å². The molecule has 7 nitrogen and oxygen atoms in total. The van der Waals surface area contributed by atoms with Crippen LogP contribution in [0.4, 0.5) is 5.69 Å². The maximum Gasteiger partial charge on any atom is 0.251 e. The lowest BCUT2D eigenvalue weighted by Crippen LogP contribution is -2.39. The van der Waals surface area contributed by atoms with Crippen LogP contribution in [-0.2, 0) is 4.79 Å². The minimum Gasteiger partial charge on any atom is -0.354 e. The molecule has 8 heteroatoms. The maximum absolute atomic E-state index is 13.5. The van der Waals surface area contributed by atoms with Gasteiger partial charge in [0.15, 0.2) is 0 Å². The van der Waals surface area contributed by atoms with Crippen LogP contribution in [0.3, 0.4) is 0 Å². The van der Waals surface area contributed by atoms with E-state index in [1.807, 2.05) is 26.0 Å². The van der Waals surface area contributed by atoms with Crippen molar-refractivity contribution in [2.24, 2.45) is 5.92 Å². The summed E-state index contributed by atoms with van der Waals surface area (Å²) in [5.74, 6) is 0.692. The number of hydrogen-bond acceptors (Lipinski definition) is 6. The molecule has 1 fully saturated rings. The van der Waals surface area contributed by atoms with Gasteiger partial charge < -0.3 is 15.5 Å². The van der Waals surface area contributed by atoms with Gasteiger partial charge in [-0.1, -0.05) is 49.6 Å². The number of aromatic nitrogens is 2. The zero-order valence-corrected chi connectivity index (χ0v) is 27.0. The summed E-state index contributed by atoms with van der Waals surface area (Å²) in [6.07, 6.45) is 11.8. The van der Waals surface area contributed by atoms with Crippen molar-refractivity contribution in [1.82, 2.24) is 20.6 Å². The van der Waals surface area contributed by atoms with Crippen LogP contribution in [0.5, 0.6) is 0 Å². The molecule has 2 aliphatic heterocycles. The molecule has 232 valence electrons. The summed E-state index contributed by atoms with van der Waals surface area (Å²) in [6, 6.07) is 17.0. The molecule has 2 aromatic carbocycles. The molecule has 0 saturated heterocycles. The number of nitrogens with one attached hydrogen (secondary N) is 2. The third-order valence-electron chi connectivity index (χ3n) is 9.70. The fourth-order valence-corrected chi connectivity index (χ4v) is 8.53. The normalized spacial score (nSPS) is 22.0. The van der Waals surface area contributed by atoms with Crippen molar-refractivity contribution in [3.05, 3.63) is 88.1 Å². The predicted molar refractivity (Wildman–Crippen MR) is 182 cm³/mol. The number of carbonyl (C=O) groups excluding carboxylic acids is 2. The Hall–Kier alpha value is -4.04. The molecule has 3 aliphatic rings. The van der Waals surface area contributed by atoms with Crippen LogP contribution in [0.15, 0.2) is 60.7 Å². The van der Waals surface area contributed by atoms with Crippen LogP contribution < -0.4 is 15.5 Å². The number of fused-ring (bicyclic) bond motifs is 2. The number of amides is 2. The predicted octanol–water partition coefficient (Wildman–Crippen LogP) is 7.40. The maximum atomic E-state index is 13.5. The van der Waals surface area contributed by atoms with Gasteiger partial charge in [0.25, 0.3) is 5.91 Å². The zero-order chi connectivity index (χ0) is 30.9. The van der Waals surface area contributed by atoms with E-state index in [-0.39, 0.29) is 30.3 Å². The van der Waals surface area contributed by atoms with Crippen molar-refractivity contribution in [3.63, 3.8) is 0 Å². The fraction of sp³-hybridized carbons (Fsp3) is 0.405. The topological polar surface area (TPSA) is 87.2 Å². The first-order valence-corrected chi connectivity index (χ1v) is 17.2. The molecule has 0 spiro atoms. The first-order valence-electron chi connectivity index (χ1n) is 16.4. The van der Waals surface area contributed by atoms with E-state index in [0.29, 0.717) is 24.6 Å². The molecular weight excluding hydrogens is 579 g/mol. The largest absolute Gasteiger partial charge is 0.354 e. The van der Waals surface area contributed by atoms with Crippen LogP contribution in [0.25, 0.3) is 21.5 Å². The van der Waals surface area contributed by atoms with Crippen molar-refractivity contribution in [1.29, 1.82) is 0 Å². The van der Waals surface area contributed by atoms with Gasteiger partial charge in [-0.15, -0.1) is 11.3 Å². The molecule has 2 amide bonds. The molecule has 2 bridgehead atoms. The first-order chi connectivity index (χ1) is 22.0. The monoisotopic (exact) mass is 619 g/mol. The van der Waals surface area contributed by atoms with Crippen LogP contribution in [-0.4, -0.2) is 41.4 Å². The average Bonchev–Trinajstić information content (AvgIpc) is 3.56. The zero-order valence-electron chi connectivity index (χ0n) is 26.1. The summed E-state index contributed by atoms with van der Waals surface area (Å²) < 4.78 is 0. The van der Waals surface area contributed by atoms with Crippen molar-refractivity contribution in [2.45, 2.75) is 70.8 Å². The molecule has 4 heterocycles. The lowest BCUT2D eigenvalue weighted by molar-refractivity contribution is -0.119. The smallest absolute Gasteiger partial charge is 0.251 e. The van der Waals surface area contributed by atoms with Gasteiger partial charge in [0.1, 0.15) is 0 Å². The number of aryl methyl sites for hydroxylation is 2. The standard InChI is InChI=1S/C37H41N5O2S/c1-23-36(45-24(2)40-23)31-17-13-26-20-27(14-16-30(26)41-31)35-34(25-10-6-5-7-11-25)29-15-12-28-21-32(29)42(35)22-33(43)38-18-8-3-4-9-19-39-37(28)44/h3-4,12-17,20-21,25,34-35H,5-11,18-19,22H2,1-2H3,(H,38,43)(H,39,44)/b4-3-. The molecule has 2 unspecified atom stereocenters. The Labute approximate surface area is 269 Å². The number of pyridine rings is 1. The van der Waals surface area contributed by atoms with Gasteiger partial charge in [-0.05, 0) is 86.9 Å². The summed E-state index contributed by atoms with van der Waals surface area (Å²) >= 11 is 1.68. The van der Waals surface area contributed by atoms with Gasteiger partial charge in [-0.25, -0.2) is 9.97 Å². The Morgan fingerprint density at radius 2 is 1.67 bits per heavy atom.